The first kappa shape index (κ1) is 15.4. The fourth-order valence-corrected chi connectivity index (χ4v) is 3.27. The van der Waals surface area contributed by atoms with Gasteiger partial charge in [-0.1, -0.05) is 25.5 Å². The Labute approximate surface area is 125 Å². The predicted molar refractivity (Wildman–Crippen MR) is 87.4 cm³/mol. The number of rotatable bonds is 6. The predicted octanol–water partition coefficient (Wildman–Crippen LogP) is 3.06. The molecule has 20 heavy (non-hydrogen) atoms. The van der Waals surface area contributed by atoms with Crippen molar-refractivity contribution in [2.75, 3.05) is 23.4 Å². The molecule has 0 saturated carbocycles. The van der Waals surface area contributed by atoms with Crippen LogP contribution in [-0.4, -0.2) is 30.0 Å². The molecule has 1 aromatic carbocycles. The molecule has 1 aromatic rings. The Bertz CT molecular complexity index is 413. The number of unbranched alkanes of at least 4 members (excludes halogenated alkanes) is 1. The van der Waals surface area contributed by atoms with Crippen LogP contribution < -0.4 is 10.6 Å². The molecule has 1 fully saturated rings. The van der Waals surface area contributed by atoms with Gasteiger partial charge < -0.3 is 10.6 Å². The summed E-state index contributed by atoms with van der Waals surface area (Å²) in [6, 6.07) is 8.55. The van der Waals surface area contributed by atoms with Crippen LogP contribution in [0.2, 0.25) is 0 Å². The summed E-state index contributed by atoms with van der Waals surface area (Å²) in [6.45, 7) is 3.21. The standard InChI is InChI=1S/C16H24N2OS/c1-2-3-4-13-5-7-14(8-6-13)18-16(19)11-15-12-20-10-9-17-15/h5-8,15,17H,2-4,9-12H2,1H3,(H,18,19). The van der Waals surface area contributed by atoms with Crippen LogP contribution in [0.5, 0.6) is 0 Å². The molecule has 110 valence electrons. The van der Waals surface area contributed by atoms with Gasteiger partial charge in [0.25, 0.3) is 0 Å². The molecular weight excluding hydrogens is 268 g/mol. The van der Waals surface area contributed by atoms with E-state index in [2.05, 4.69) is 29.7 Å². The molecule has 0 bridgehead atoms. The number of nitrogens with one attached hydrogen (secondary N) is 2. The summed E-state index contributed by atoms with van der Waals surface area (Å²) < 4.78 is 0. The molecule has 1 aliphatic rings. The Morgan fingerprint density at radius 3 is 2.85 bits per heavy atom. The van der Waals surface area contributed by atoms with Crippen molar-refractivity contribution in [2.45, 2.75) is 38.6 Å². The van der Waals surface area contributed by atoms with E-state index in [-0.39, 0.29) is 5.91 Å². The Morgan fingerprint density at radius 2 is 2.20 bits per heavy atom. The molecule has 0 spiro atoms. The van der Waals surface area contributed by atoms with Gasteiger partial charge >= 0.3 is 0 Å². The second-order valence-corrected chi connectivity index (χ2v) is 6.43. The molecule has 2 N–H and O–H groups in total. The Balaban J connectivity index is 1.78. The highest BCUT2D eigenvalue weighted by Gasteiger charge is 2.16. The number of thioether (sulfide) groups is 1. The van der Waals surface area contributed by atoms with Gasteiger partial charge in [-0.25, -0.2) is 0 Å². The average Bonchev–Trinajstić information content (AvgIpc) is 2.47. The fraction of sp³-hybridized carbons (Fsp3) is 0.562. The summed E-state index contributed by atoms with van der Waals surface area (Å²) in [4.78, 5) is 12.0. The van der Waals surface area contributed by atoms with Crippen LogP contribution in [-0.2, 0) is 11.2 Å². The van der Waals surface area contributed by atoms with Crippen molar-refractivity contribution in [3.05, 3.63) is 29.8 Å². The number of carbonyl (C=O) groups excluding carboxylic acids is 1. The highest BCUT2D eigenvalue weighted by Crippen LogP contribution is 2.14. The summed E-state index contributed by atoms with van der Waals surface area (Å²) in [7, 11) is 0. The molecule has 1 aliphatic heterocycles. The van der Waals surface area contributed by atoms with Crippen molar-refractivity contribution < 1.29 is 4.79 Å². The summed E-state index contributed by atoms with van der Waals surface area (Å²) in [5.74, 6) is 2.28. The van der Waals surface area contributed by atoms with Crippen LogP contribution in [0, 0.1) is 0 Å². The van der Waals surface area contributed by atoms with Gasteiger partial charge in [0.05, 0.1) is 0 Å². The van der Waals surface area contributed by atoms with Crippen molar-refractivity contribution in [3.63, 3.8) is 0 Å². The van der Waals surface area contributed by atoms with E-state index in [1.165, 1.54) is 18.4 Å². The van der Waals surface area contributed by atoms with Gasteiger partial charge in [-0.15, -0.1) is 0 Å². The second kappa shape index (κ2) is 8.32. The van der Waals surface area contributed by atoms with Gasteiger partial charge in [0.1, 0.15) is 0 Å². The highest BCUT2D eigenvalue weighted by molar-refractivity contribution is 7.99. The van der Waals surface area contributed by atoms with Crippen molar-refractivity contribution in [1.29, 1.82) is 0 Å². The Kier molecular flexibility index (Phi) is 6.40. The number of hydrogen-bond acceptors (Lipinski definition) is 3. The van der Waals surface area contributed by atoms with Gasteiger partial charge in [-0.2, -0.15) is 11.8 Å². The van der Waals surface area contributed by atoms with Crippen LogP contribution in [0.1, 0.15) is 31.7 Å². The number of aryl methyl sites for hydroxylation is 1. The van der Waals surface area contributed by atoms with E-state index in [0.29, 0.717) is 12.5 Å². The van der Waals surface area contributed by atoms with Crippen molar-refractivity contribution in [2.24, 2.45) is 0 Å². The van der Waals surface area contributed by atoms with E-state index in [1.807, 2.05) is 23.9 Å². The lowest BCUT2D eigenvalue weighted by molar-refractivity contribution is -0.116. The normalized spacial score (nSPS) is 18.8. The molecule has 1 amide bonds. The number of carbonyl (C=O) groups is 1. The summed E-state index contributed by atoms with van der Waals surface area (Å²) in [5, 5.41) is 6.37. The maximum absolute atomic E-state index is 12.0. The highest BCUT2D eigenvalue weighted by atomic mass is 32.2. The third-order valence-corrected chi connectivity index (χ3v) is 4.62. The minimum absolute atomic E-state index is 0.103. The van der Waals surface area contributed by atoms with Crippen LogP contribution in [0.4, 0.5) is 5.69 Å². The second-order valence-electron chi connectivity index (χ2n) is 5.28. The molecule has 2 rings (SSSR count). The number of anilines is 1. The molecule has 1 heterocycles. The quantitative estimate of drug-likeness (QED) is 0.846. The van der Waals surface area contributed by atoms with Crippen LogP contribution in [0.25, 0.3) is 0 Å². The lowest BCUT2D eigenvalue weighted by Crippen LogP contribution is -2.39. The minimum Gasteiger partial charge on any atom is -0.326 e. The molecule has 0 aliphatic carbocycles. The lowest BCUT2D eigenvalue weighted by Gasteiger charge is -2.22. The first-order valence-corrected chi connectivity index (χ1v) is 8.63. The number of amides is 1. The van der Waals surface area contributed by atoms with Crippen molar-refractivity contribution in [3.8, 4) is 0 Å². The first-order valence-electron chi connectivity index (χ1n) is 7.48. The topological polar surface area (TPSA) is 41.1 Å². The summed E-state index contributed by atoms with van der Waals surface area (Å²) in [5.41, 5.74) is 2.24. The molecule has 3 nitrogen and oxygen atoms in total. The third-order valence-electron chi connectivity index (χ3n) is 3.49. The minimum atomic E-state index is 0.103. The van der Waals surface area contributed by atoms with Gasteiger partial charge in [0.2, 0.25) is 5.91 Å². The zero-order valence-corrected chi connectivity index (χ0v) is 13.0. The van der Waals surface area contributed by atoms with E-state index in [0.717, 1.165) is 30.2 Å². The molecule has 0 aromatic heterocycles. The van der Waals surface area contributed by atoms with Crippen LogP contribution in [0.15, 0.2) is 24.3 Å². The summed E-state index contributed by atoms with van der Waals surface area (Å²) >= 11 is 1.92. The van der Waals surface area contributed by atoms with Crippen LogP contribution >= 0.6 is 11.8 Å². The lowest BCUT2D eigenvalue weighted by atomic mass is 10.1. The fourth-order valence-electron chi connectivity index (χ4n) is 2.32. The maximum atomic E-state index is 12.0. The zero-order chi connectivity index (χ0) is 14.2. The van der Waals surface area contributed by atoms with E-state index in [9.17, 15) is 4.79 Å². The average molecular weight is 292 g/mol. The van der Waals surface area contributed by atoms with Gasteiger partial charge in [-0.05, 0) is 30.5 Å². The van der Waals surface area contributed by atoms with E-state index < -0.39 is 0 Å². The smallest absolute Gasteiger partial charge is 0.225 e. The van der Waals surface area contributed by atoms with E-state index in [4.69, 9.17) is 0 Å². The molecule has 4 heteroatoms. The molecular formula is C16H24N2OS. The molecule has 1 saturated heterocycles. The largest absolute Gasteiger partial charge is 0.326 e. The van der Waals surface area contributed by atoms with Gasteiger partial charge in [0.15, 0.2) is 0 Å². The zero-order valence-electron chi connectivity index (χ0n) is 12.2. The summed E-state index contributed by atoms with van der Waals surface area (Å²) in [6.07, 6.45) is 4.11. The van der Waals surface area contributed by atoms with E-state index in [1.54, 1.807) is 0 Å². The third kappa shape index (κ3) is 5.17. The molecule has 0 radical (unpaired) electrons. The van der Waals surface area contributed by atoms with Gasteiger partial charge in [0, 0.05) is 36.2 Å². The first-order chi connectivity index (χ1) is 9.78. The maximum Gasteiger partial charge on any atom is 0.225 e. The molecule has 1 atom stereocenters. The van der Waals surface area contributed by atoms with Crippen LogP contribution in [0.3, 0.4) is 0 Å². The Morgan fingerprint density at radius 1 is 1.40 bits per heavy atom. The number of benzene rings is 1. The van der Waals surface area contributed by atoms with E-state index >= 15 is 0 Å². The number of hydrogen-bond donors (Lipinski definition) is 2. The monoisotopic (exact) mass is 292 g/mol. The molecule has 1 unspecified atom stereocenters. The van der Waals surface area contributed by atoms with Crippen molar-refractivity contribution >= 4 is 23.4 Å². The van der Waals surface area contributed by atoms with Crippen molar-refractivity contribution in [1.82, 2.24) is 5.32 Å². The SMILES string of the molecule is CCCCc1ccc(NC(=O)CC2CSCCN2)cc1. The Hall–Kier alpha value is -1.00. The van der Waals surface area contributed by atoms with Gasteiger partial charge in [-0.3, -0.25) is 4.79 Å².